The van der Waals surface area contributed by atoms with Crippen LogP contribution in [0.2, 0.25) is 0 Å². The number of carbonyl (C=O) groups is 2. The second-order valence-corrected chi connectivity index (χ2v) is 8.81. The van der Waals surface area contributed by atoms with Gasteiger partial charge in [0.2, 0.25) is 11.8 Å². The summed E-state index contributed by atoms with van der Waals surface area (Å²) in [6, 6.07) is 17.8. The predicted octanol–water partition coefficient (Wildman–Crippen LogP) is 4.92. The second kappa shape index (κ2) is 8.20. The Bertz CT molecular complexity index is 1370. The molecule has 0 unspecified atom stereocenters. The number of carbonyl (C=O) groups excluding carboxylic acids is 2. The number of fused-ring (bicyclic) bond motifs is 1. The van der Waals surface area contributed by atoms with Gasteiger partial charge < -0.3 is 14.6 Å². The van der Waals surface area contributed by atoms with Gasteiger partial charge in [-0.2, -0.15) is 0 Å². The summed E-state index contributed by atoms with van der Waals surface area (Å²) in [6.07, 6.45) is 4.18. The molecule has 166 valence electrons. The highest BCUT2D eigenvalue weighted by Crippen LogP contribution is 2.29. The Labute approximate surface area is 192 Å². The lowest BCUT2D eigenvalue weighted by molar-refractivity contribution is -0.122. The second-order valence-electron chi connectivity index (χ2n) is 8.81. The first-order valence-corrected chi connectivity index (χ1v) is 11.1. The Morgan fingerprint density at radius 2 is 1.82 bits per heavy atom. The van der Waals surface area contributed by atoms with Crippen molar-refractivity contribution in [2.45, 2.75) is 27.2 Å². The van der Waals surface area contributed by atoms with Gasteiger partial charge >= 0.3 is 0 Å². The number of amides is 2. The van der Waals surface area contributed by atoms with Crippen molar-refractivity contribution >= 4 is 28.8 Å². The van der Waals surface area contributed by atoms with Gasteiger partial charge in [0.25, 0.3) is 0 Å². The first kappa shape index (κ1) is 20.9. The zero-order valence-corrected chi connectivity index (χ0v) is 19.0. The average Bonchev–Trinajstić information content (AvgIpc) is 3.41. The van der Waals surface area contributed by atoms with Crippen LogP contribution in [0.25, 0.3) is 16.9 Å². The minimum absolute atomic E-state index is 0.0236. The Morgan fingerprint density at radius 1 is 1.03 bits per heavy atom. The van der Waals surface area contributed by atoms with E-state index in [1.807, 2.05) is 92.2 Å². The van der Waals surface area contributed by atoms with Gasteiger partial charge in [-0.05, 0) is 56.2 Å². The molecule has 2 aromatic carbocycles. The molecule has 6 heteroatoms. The predicted molar refractivity (Wildman–Crippen MR) is 130 cm³/mol. The summed E-state index contributed by atoms with van der Waals surface area (Å²) in [5.41, 5.74) is 7.48. The maximum Gasteiger partial charge on any atom is 0.229 e. The van der Waals surface area contributed by atoms with Crippen LogP contribution >= 0.6 is 0 Å². The highest BCUT2D eigenvalue weighted by atomic mass is 16.2. The van der Waals surface area contributed by atoms with Gasteiger partial charge in [0.1, 0.15) is 5.65 Å². The van der Waals surface area contributed by atoms with E-state index in [0.29, 0.717) is 6.54 Å². The fourth-order valence-corrected chi connectivity index (χ4v) is 4.30. The molecule has 5 rings (SSSR count). The maximum atomic E-state index is 13.1. The number of rotatable bonds is 4. The van der Waals surface area contributed by atoms with E-state index < -0.39 is 0 Å². The van der Waals surface area contributed by atoms with Crippen LogP contribution in [0, 0.1) is 26.7 Å². The number of benzene rings is 2. The molecule has 33 heavy (non-hydrogen) atoms. The molecule has 4 aromatic rings. The van der Waals surface area contributed by atoms with E-state index in [1.54, 1.807) is 4.90 Å². The Balaban J connectivity index is 1.36. The van der Waals surface area contributed by atoms with Crippen LogP contribution in [0.15, 0.2) is 67.0 Å². The lowest BCUT2D eigenvalue weighted by atomic mass is 10.1. The highest BCUT2D eigenvalue weighted by molar-refractivity contribution is 6.03. The fraction of sp³-hybridized carbons (Fsp3) is 0.222. The molecule has 0 bridgehead atoms. The third-order valence-corrected chi connectivity index (χ3v) is 6.31. The van der Waals surface area contributed by atoms with E-state index in [9.17, 15) is 9.59 Å². The molecule has 3 heterocycles. The van der Waals surface area contributed by atoms with Crippen molar-refractivity contribution in [3.05, 3.63) is 83.7 Å². The summed E-state index contributed by atoms with van der Waals surface area (Å²) >= 11 is 0. The molecule has 6 nitrogen and oxygen atoms in total. The summed E-state index contributed by atoms with van der Waals surface area (Å²) in [5, 5.41) is 3.06. The SMILES string of the molecule is Cc1ccc(N2C[C@@H](C(=O)Nc3cc(-c4cn5cccc(C)c5n4)ccc3C)CC2=O)cc1. The summed E-state index contributed by atoms with van der Waals surface area (Å²) in [7, 11) is 0. The van der Waals surface area contributed by atoms with Gasteiger partial charge in [-0.3, -0.25) is 9.59 Å². The van der Waals surface area contributed by atoms with Crippen molar-refractivity contribution < 1.29 is 9.59 Å². The van der Waals surface area contributed by atoms with Gasteiger partial charge in [-0.1, -0.05) is 35.9 Å². The van der Waals surface area contributed by atoms with Crippen LogP contribution in [-0.2, 0) is 9.59 Å². The molecule has 2 amide bonds. The average molecular weight is 439 g/mol. The fourth-order valence-electron chi connectivity index (χ4n) is 4.30. The third-order valence-electron chi connectivity index (χ3n) is 6.31. The zero-order valence-electron chi connectivity index (χ0n) is 19.0. The van der Waals surface area contributed by atoms with Crippen molar-refractivity contribution in [3.8, 4) is 11.3 Å². The molecule has 2 aromatic heterocycles. The van der Waals surface area contributed by atoms with E-state index in [4.69, 9.17) is 4.98 Å². The van der Waals surface area contributed by atoms with Gasteiger partial charge in [0.15, 0.2) is 0 Å². The Hall–Kier alpha value is -3.93. The quantitative estimate of drug-likeness (QED) is 0.492. The molecular weight excluding hydrogens is 412 g/mol. The number of nitrogens with zero attached hydrogens (tertiary/aromatic N) is 3. The number of nitrogens with one attached hydrogen (secondary N) is 1. The maximum absolute atomic E-state index is 13.1. The monoisotopic (exact) mass is 438 g/mol. The van der Waals surface area contributed by atoms with Crippen LogP contribution < -0.4 is 10.2 Å². The van der Waals surface area contributed by atoms with Crippen molar-refractivity contribution in [2.75, 3.05) is 16.8 Å². The first-order chi connectivity index (χ1) is 15.9. The van der Waals surface area contributed by atoms with Gasteiger partial charge in [0.05, 0.1) is 11.6 Å². The molecule has 0 aliphatic carbocycles. The molecule has 1 N–H and O–H groups in total. The molecule has 1 saturated heterocycles. The molecule has 0 radical (unpaired) electrons. The van der Waals surface area contributed by atoms with Crippen molar-refractivity contribution in [3.63, 3.8) is 0 Å². The van der Waals surface area contributed by atoms with Crippen LogP contribution in [-0.4, -0.2) is 27.7 Å². The summed E-state index contributed by atoms with van der Waals surface area (Å²) < 4.78 is 2.01. The van der Waals surface area contributed by atoms with Gasteiger partial charge in [-0.25, -0.2) is 4.98 Å². The molecule has 1 aliphatic rings. The number of anilines is 2. The van der Waals surface area contributed by atoms with E-state index in [2.05, 4.69) is 5.32 Å². The minimum Gasteiger partial charge on any atom is -0.326 e. The number of imidazole rings is 1. The van der Waals surface area contributed by atoms with Crippen LogP contribution in [0.5, 0.6) is 0 Å². The molecule has 1 atom stereocenters. The Kier molecular flexibility index (Phi) is 5.21. The summed E-state index contributed by atoms with van der Waals surface area (Å²) in [6.45, 7) is 6.40. The van der Waals surface area contributed by atoms with Crippen LogP contribution in [0.1, 0.15) is 23.1 Å². The number of aromatic nitrogens is 2. The van der Waals surface area contributed by atoms with Crippen molar-refractivity contribution in [2.24, 2.45) is 5.92 Å². The van der Waals surface area contributed by atoms with Crippen molar-refractivity contribution in [1.29, 1.82) is 0 Å². The van der Waals surface area contributed by atoms with Crippen LogP contribution in [0.4, 0.5) is 11.4 Å². The largest absolute Gasteiger partial charge is 0.326 e. The topological polar surface area (TPSA) is 66.7 Å². The van der Waals surface area contributed by atoms with Gasteiger partial charge in [0, 0.05) is 42.3 Å². The number of hydrogen-bond acceptors (Lipinski definition) is 3. The normalized spacial score (nSPS) is 15.9. The lowest BCUT2D eigenvalue weighted by Crippen LogP contribution is -2.28. The first-order valence-electron chi connectivity index (χ1n) is 11.1. The minimum atomic E-state index is -0.389. The summed E-state index contributed by atoms with van der Waals surface area (Å²) in [5.74, 6) is -0.548. The third kappa shape index (κ3) is 4.00. The van der Waals surface area contributed by atoms with E-state index >= 15 is 0 Å². The molecule has 0 spiro atoms. The highest BCUT2D eigenvalue weighted by Gasteiger charge is 2.35. The number of hydrogen-bond donors (Lipinski definition) is 1. The Morgan fingerprint density at radius 3 is 2.58 bits per heavy atom. The number of pyridine rings is 1. The molecule has 1 fully saturated rings. The van der Waals surface area contributed by atoms with Crippen LogP contribution in [0.3, 0.4) is 0 Å². The number of aryl methyl sites for hydroxylation is 3. The van der Waals surface area contributed by atoms with Crippen molar-refractivity contribution in [1.82, 2.24) is 9.38 Å². The molecule has 1 aliphatic heterocycles. The standard InChI is InChI=1S/C27H26N4O2/c1-17-6-10-22(11-7-17)31-15-21(14-25(31)32)27(33)29-23-13-20(9-8-18(23)2)24-16-30-12-4-5-19(3)26(30)28-24/h4-13,16,21H,14-15H2,1-3H3,(H,29,33)/t21-/m0/s1. The zero-order chi connectivity index (χ0) is 23.1. The van der Waals surface area contributed by atoms with E-state index in [1.165, 1.54) is 0 Å². The smallest absolute Gasteiger partial charge is 0.229 e. The molecular formula is C27H26N4O2. The lowest BCUT2D eigenvalue weighted by Gasteiger charge is -2.17. The summed E-state index contributed by atoms with van der Waals surface area (Å²) in [4.78, 5) is 32.1. The van der Waals surface area contributed by atoms with E-state index in [0.717, 1.165) is 45.0 Å². The van der Waals surface area contributed by atoms with E-state index in [-0.39, 0.29) is 24.2 Å². The van der Waals surface area contributed by atoms with Gasteiger partial charge in [-0.15, -0.1) is 0 Å². The molecule has 0 saturated carbocycles.